The van der Waals surface area contributed by atoms with Crippen LogP contribution in [-0.4, -0.2) is 47.6 Å². The molecular formula is C24H26F3N5O. The van der Waals surface area contributed by atoms with E-state index in [9.17, 15) is 13.2 Å². The first-order valence-corrected chi connectivity index (χ1v) is 10.8. The van der Waals surface area contributed by atoms with Gasteiger partial charge in [-0.1, -0.05) is 42.5 Å². The number of ether oxygens (including phenoxy) is 1. The van der Waals surface area contributed by atoms with E-state index < -0.39 is 11.7 Å². The lowest BCUT2D eigenvalue weighted by Gasteiger charge is -2.39. The van der Waals surface area contributed by atoms with Gasteiger partial charge in [-0.2, -0.15) is 13.2 Å². The van der Waals surface area contributed by atoms with Crippen molar-refractivity contribution in [3.05, 3.63) is 83.8 Å². The van der Waals surface area contributed by atoms with Gasteiger partial charge in [0.25, 0.3) is 0 Å². The van der Waals surface area contributed by atoms with Crippen LogP contribution in [0.15, 0.2) is 67.1 Å². The molecular weight excluding hydrogens is 431 g/mol. The summed E-state index contributed by atoms with van der Waals surface area (Å²) in [6.45, 7) is 3.52. The number of halogens is 3. The summed E-state index contributed by atoms with van der Waals surface area (Å²) >= 11 is 0. The monoisotopic (exact) mass is 457 g/mol. The van der Waals surface area contributed by atoms with Crippen molar-refractivity contribution < 1.29 is 17.9 Å². The van der Waals surface area contributed by atoms with Crippen LogP contribution in [0.2, 0.25) is 0 Å². The third-order valence-corrected chi connectivity index (χ3v) is 5.80. The van der Waals surface area contributed by atoms with E-state index in [4.69, 9.17) is 10.5 Å². The van der Waals surface area contributed by atoms with Crippen LogP contribution >= 0.6 is 0 Å². The van der Waals surface area contributed by atoms with E-state index in [1.54, 1.807) is 6.20 Å². The van der Waals surface area contributed by atoms with Crippen molar-refractivity contribution in [1.82, 2.24) is 14.9 Å². The summed E-state index contributed by atoms with van der Waals surface area (Å²) in [5, 5.41) is 0. The van der Waals surface area contributed by atoms with E-state index in [2.05, 4.69) is 19.8 Å². The second kappa shape index (κ2) is 10.2. The standard InChI is InChI=1S/C24H26F3N5O/c25-24(26,27)20-8-6-19(7-9-20)21(14-28)31-10-12-32(13-11-31)23-22(15-29-17-30-23)33-16-18-4-2-1-3-5-18/h1-9,15,17,21H,10-14,16,28H2. The Labute approximate surface area is 190 Å². The number of benzene rings is 2. The quantitative estimate of drug-likeness (QED) is 0.581. The Kier molecular flexibility index (Phi) is 7.10. The first kappa shape index (κ1) is 23.0. The smallest absolute Gasteiger partial charge is 0.416 e. The van der Waals surface area contributed by atoms with Crippen LogP contribution in [0.25, 0.3) is 0 Å². The first-order valence-electron chi connectivity index (χ1n) is 10.8. The van der Waals surface area contributed by atoms with Crippen LogP contribution in [0.1, 0.15) is 22.7 Å². The molecule has 0 amide bonds. The largest absolute Gasteiger partial charge is 0.483 e. The van der Waals surface area contributed by atoms with Crippen LogP contribution in [0.3, 0.4) is 0 Å². The van der Waals surface area contributed by atoms with E-state index in [0.29, 0.717) is 45.1 Å². The Morgan fingerprint density at radius 3 is 2.30 bits per heavy atom. The summed E-state index contributed by atoms with van der Waals surface area (Å²) in [4.78, 5) is 12.9. The molecule has 4 rings (SSSR count). The summed E-state index contributed by atoms with van der Waals surface area (Å²) in [6, 6.07) is 15.0. The topological polar surface area (TPSA) is 67.5 Å². The van der Waals surface area contributed by atoms with Gasteiger partial charge in [-0.3, -0.25) is 4.90 Å². The number of hydrogen-bond acceptors (Lipinski definition) is 6. The molecule has 6 nitrogen and oxygen atoms in total. The van der Waals surface area contributed by atoms with Gasteiger partial charge in [0.05, 0.1) is 11.8 Å². The molecule has 1 saturated heterocycles. The molecule has 2 N–H and O–H groups in total. The van der Waals surface area contributed by atoms with Crippen molar-refractivity contribution in [2.75, 3.05) is 37.6 Å². The molecule has 33 heavy (non-hydrogen) atoms. The highest BCUT2D eigenvalue weighted by Crippen LogP contribution is 2.32. The lowest BCUT2D eigenvalue weighted by molar-refractivity contribution is -0.137. The molecule has 0 radical (unpaired) electrons. The zero-order chi connectivity index (χ0) is 23.3. The van der Waals surface area contributed by atoms with E-state index >= 15 is 0 Å². The fourth-order valence-corrected chi connectivity index (χ4v) is 4.02. The number of alkyl halides is 3. The highest BCUT2D eigenvalue weighted by atomic mass is 19.4. The average Bonchev–Trinajstić information content (AvgIpc) is 2.84. The van der Waals surface area contributed by atoms with E-state index in [1.165, 1.54) is 18.5 Å². The minimum Gasteiger partial charge on any atom is -0.483 e. The summed E-state index contributed by atoms with van der Waals surface area (Å²) in [5.74, 6) is 1.35. The Bertz CT molecular complexity index is 1020. The lowest BCUT2D eigenvalue weighted by Crippen LogP contribution is -2.49. The van der Waals surface area contributed by atoms with Crippen molar-refractivity contribution in [1.29, 1.82) is 0 Å². The van der Waals surface area contributed by atoms with Gasteiger partial charge in [-0.05, 0) is 23.3 Å². The summed E-state index contributed by atoms with van der Waals surface area (Å²) in [7, 11) is 0. The third kappa shape index (κ3) is 5.61. The van der Waals surface area contributed by atoms with Gasteiger partial charge in [0.15, 0.2) is 11.6 Å². The number of rotatable bonds is 7. The normalized spacial score (nSPS) is 15.9. The minimum atomic E-state index is -4.35. The Morgan fingerprint density at radius 2 is 1.67 bits per heavy atom. The molecule has 174 valence electrons. The molecule has 2 heterocycles. The van der Waals surface area contributed by atoms with Gasteiger partial charge >= 0.3 is 6.18 Å². The van der Waals surface area contributed by atoms with E-state index in [-0.39, 0.29) is 6.04 Å². The molecule has 0 spiro atoms. The molecule has 0 aliphatic carbocycles. The average molecular weight is 458 g/mol. The maximum atomic E-state index is 12.9. The molecule has 3 aromatic rings. The molecule has 1 atom stereocenters. The Hall–Kier alpha value is -3.17. The molecule has 1 aliphatic heterocycles. The molecule has 1 aliphatic rings. The predicted molar refractivity (Wildman–Crippen MR) is 120 cm³/mol. The van der Waals surface area contributed by atoms with Crippen LogP contribution in [0.4, 0.5) is 19.0 Å². The molecule has 1 fully saturated rings. The number of anilines is 1. The first-order chi connectivity index (χ1) is 16.0. The number of nitrogens with two attached hydrogens (primary N) is 1. The van der Waals surface area contributed by atoms with Gasteiger partial charge in [0, 0.05) is 38.8 Å². The predicted octanol–water partition coefficient (Wildman–Crippen LogP) is 3.90. The van der Waals surface area contributed by atoms with Crippen LogP contribution in [0.5, 0.6) is 5.75 Å². The van der Waals surface area contributed by atoms with Gasteiger partial charge in [-0.25, -0.2) is 9.97 Å². The van der Waals surface area contributed by atoms with Gasteiger partial charge in [0.2, 0.25) is 0 Å². The van der Waals surface area contributed by atoms with Crippen LogP contribution in [0, 0.1) is 0 Å². The molecule has 9 heteroatoms. The second-order valence-electron chi connectivity index (χ2n) is 7.88. The number of nitrogens with zero attached hydrogens (tertiary/aromatic N) is 4. The number of hydrogen-bond donors (Lipinski definition) is 1. The second-order valence-corrected chi connectivity index (χ2v) is 7.88. The molecule has 1 aromatic heterocycles. The highest BCUT2D eigenvalue weighted by Gasteiger charge is 2.31. The molecule has 1 unspecified atom stereocenters. The maximum Gasteiger partial charge on any atom is 0.416 e. The van der Waals surface area contributed by atoms with Crippen molar-refractivity contribution in [3.63, 3.8) is 0 Å². The Morgan fingerprint density at radius 1 is 0.970 bits per heavy atom. The summed E-state index contributed by atoms with van der Waals surface area (Å²) < 4.78 is 44.6. The lowest BCUT2D eigenvalue weighted by atomic mass is 10.0. The van der Waals surface area contributed by atoms with E-state index in [0.717, 1.165) is 29.1 Å². The maximum absolute atomic E-state index is 12.9. The van der Waals surface area contributed by atoms with E-state index in [1.807, 2.05) is 30.3 Å². The summed E-state index contributed by atoms with van der Waals surface area (Å²) in [5.41, 5.74) is 7.19. The minimum absolute atomic E-state index is 0.145. The molecule has 0 saturated carbocycles. The van der Waals surface area contributed by atoms with Gasteiger partial charge < -0.3 is 15.4 Å². The van der Waals surface area contributed by atoms with Gasteiger partial charge in [-0.15, -0.1) is 0 Å². The zero-order valence-corrected chi connectivity index (χ0v) is 18.1. The van der Waals surface area contributed by atoms with Crippen LogP contribution < -0.4 is 15.4 Å². The third-order valence-electron chi connectivity index (χ3n) is 5.80. The van der Waals surface area contributed by atoms with Crippen molar-refractivity contribution in [2.24, 2.45) is 5.73 Å². The number of aromatic nitrogens is 2. The number of piperazine rings is 1. The SMILES string of the molecule is NCC(c1ccc(C(F)(F)F)cc1)N1CCN(c2ncncc2OCc2ccccc2)CC1. The Balaban J connectivity index is 1.40. The fraction of sp³-hybridized carbons (Fsp3) is 0.333. The van der Waals surface area contributed by atoms with Gasteiger partial charge in [0.1, 0.15) is 12.9 Å². The highest BCUT2D eigenvalue weighted by molar-refractivity contribution is 5.51. The summed E-state index contributed by atoms with van der Waals surface area (Å²) in [6.07, 6.45) is -1.18. The van der Waals surface area contributed by atoms with Crippen molar-refractivity contribution in [2.45, 2.75) is 18.8 Å². The molecule has 0 bridgehead atoms. The fourth-order valence-electron chi connectivity index (χ4n) is 4.02. The zero-order valence-electron chi connectivity index (χ0n) is 18.1. The van der Waals surface area contributed by atoms with Crippen LogP contribution in [-0.2, 0) is 12.8 Å². The van der Waals surface area contributed by atoms with Crippen molar-refractivity contribution in [3.8, 4) is 5.75 Å². The molecule has 2 aromatic carbocycles. The van der Waals surface area contributed by atoms with Crippen molar-refractivity contribution >= 4 is 5.82 Å².